The first-order valence-electron chi connectivity index (χ1n) is 8.91. The molecule has 1 aliphatic rings. The van der Waals surface area contributed by atoms with E-state index >= 15 is 0 Å². The highest BCUT2D eigenvalue weighted by atomic mass is 16.5. The van der Waals surface area contributed by atoms with E-state index < -0.39 is 11.2 Å². The molecule has 1 aromatic carbocycles. The van der Waals surface area contributed by atoms with E-state index in [1.54, 1.807) is 26.2 Å². The Morgan fingerprint density at radius 1 is 1.38 bits per heavy atom. The van der Waals surface area contributed by atoms with E-state index in [2.05, 4.69) is 12.6 Å². The highest BCUT2D eigenvalue weighted by Gasteiger charge is 2.36. The quantitative estimate of drug-likeness (QED) is 0.623. The lowest BCUT2D eigenvalue weighted by atomic mass is 9.81. The van der Waals surface area contributed by atoms with Gasteiger partial charge in [0.1, 0.15) is 0 Å². The van der Waals surface area contributed by atoms with Crippen molar-refractivity contribution in [1.82, 2.24) is 4.90 Å². The Balaban J connectivity index is 2.23. The van der Waals surface area contributed by atoms with Crippen LogP contribution >= 0.6 is 0 Å². The maximum absolute atomic E-state index is 12.2. The smallest absolute Gasteiger partial charge is 0.330 e. The number of carbonyl (C=O) groups is 1. The summed E-state index contributed by atoms with van der Waals surface area (Å²) in [6, 6.07) is 5.91. The van der Waals surface area contributed by atoms with Gasteiger partial charge in [0.25, 0.3) is 0 Å². The third-order valence-electron chi connectivity index (χ3n) is 5.06. The summed E-state index contributed by atoms with van der Waals surface area (Å²) >= 11 is 0. The second-order valence-electron chi connectivity index (χ2n) is 7.81. The first-order valence-corrected chi connectivity index (χ1v) is 8.91. The van der Waals surface area contributed by atoms with Crippen molar-refractivity contribution >= 4 is 18.9 Å². The molecule has 1 saturated heterocycles. The van der Waals surface area contributed by atoms with Gasteiger partial charge in [0.15, 0.2) is 0 Å². The van der Waals surface area contributed by atoms with Gasteiger partial charge in [-0.3, -0.25) is 4.79 Å². The van der Waals surface area contributed by atoms with E-state index in [4.69, 9.17) is 9.39 Å². The van der Waals surface area contributed by atoms with E-state index in [1.807, 2.05) is 32.9 Å². The Kier molecular flexibility index (Phi) is 6.32. The second kappa shape index (κ2) is 7.95. The summed E-state index contributed by atoms with van der Waals surface area (Å²) in [6.45, 7) is 14.3. The zero-order valence-corrected chi connectivity index (χ0v) is 16.4. The van der Waals surface area contributed by atoms with Crippen molar-refractivity contribution in [3.8, 4) is 0 Å². The van der Waals surface area contributed by atoms with Crippen molar-refractivity contribution in [2.45, 2.75) is 51.9 Å². The fourth-order valence-electron chi connectivity index (χ4n) is 2.72. The number of benzene rings is 1. The fourth-order valence-corrected chi connectivity index (χ4v) is 2.72. The fraction of sp³-hybridized carbons (Fsp3) is 0.550. The third kappa shape index (κ3) is 4.75. The molecule has 141 valence electrons. The molecule has 5 nitrogen and oxygen atoms in total. The number of nitrogens with zero attached hydrogens (tertiary/aromatic N) is 1. The highest BCUT2D eigenvalue weighted by molar-refractivity contribution is 6.47. The summed E-state index contributed by atoms with van der Waals surface area (Å²) in [7, 11) is 1.66. The van der Waals surface area contributed by atoms with Crippen molar-refractivity contribution in [3.63, 3.8) is 0 Å². The molecule has 1 aromatic rings. The molecule has 0 saturated carbocycles. The van der Waals surface area contributed by atoms with Crippen molar-refractivity contribution < 1.29 is 19.3 Å². The van der Waals surface area contributed by atoms with E-state index in [0.717, 1.165) is 16.6 Å². The van der Waals surface area contributed by atoms with Crippen molar-refractivity contribution in [2.24, 2.45) is 0 Å². The SMILES string of the molecule is C=CC(=O)N1CCOC[C@H]1c1cc(C)cc([B]OC(C)(C)C(C)(C)O)c1. The van der Waals surface area contributed by atoms with Gasteiger partial charge in [-0.15, -0.1) is 0 Å². The number of hydrogen-bond donors (Lipinski definition) is 1. The lowest BCUT2D eigenvalue weighted by Crippen LogP contribution is -2.49. The minimum atomic E-state index is -0.986. The summed E-state index contributed by atoms with van der Waals surface area (Å²) in [4.78, 5) is 14.0. The summed E-state index contributed by atoms with van der Waals surface area (Å²) in [5.41, 5.74) is 1.22. The average molecular weight is 358 g/mol. The standard InChI is InChI=1S/C20H29BNO4/c1-7-18(23)22-8-9-25-13-17(22)15-10-14(2)11-16(12-15)21-26-20(5,6)19(3,4)24/h7,10-12,17,24H,1,8-9,13H2,2-6H3/t17-/m0/s1. The van der Waals surface area contributed by atoms with Gasteiger partial charge in [0.2, 0.25) is 5.91 Å². The maximum Gasteiger partial charge on any atom is 0.330 e. The number of hydrogen-bond acceptors (Lipinski definition) is 4. The van der Waals surface area contributed by atoms with Gasteiger partial charge >= 0.3 is 7.48 Å². The van der Waals surface area contributed by atoms with Crippen LogP contribution in [0.3, 0.4) is 0 Å². The van der Waals surface area contributed by atoms with Crippen LogP contribution in [0.1, 0.15) is 44.9 Å². The monoisotopic (exact) mass is 358 g/mol. The molecule has 1 amide bonds. The number of ether oxygens (including phenoxy) is 1. The lowest BCUT2D eigenvalue weighted by molar-refractivity contribution is -0.134. The van der Waals surface area contributed by atoms with Crippen LogP contribution in [0.4, 0.5) is 0 Å². The third-order valence-corrected chi connectivity index (χ3v) is 5.06. The van der Waals surface area contributed by atoms with E-state index in [-0.39, 0.29) is 11.9 Å². The molecule has 0 bridgehead atoms. The van der Waals surface area contributed by atoms with Crippen molar-refractivity contribution in [3.05, 3.63) is 42.0 Å². The molecular weight excluding hydrogens is 329 g/mol. The molecule has 0 aromatic heterocycles. The Hall–Kier alpha value is -1.63. The topological polar surface area (TPSA) is 59.0 Å². The lowest BCUT2D eigenvalue weighted by Gasteiger charge is -2.38. The van der Waals surface area contributed by atoms with Crippen LogP contribution < -0.4 is 5.46 Å². The van der Waals surface area contributed by atoms with Crippen molar-refractivity contribution in [1.29, 1.82) is 0 Å². The van der Waals surface area contributed by atoms with Gasteiger partial charge in [0.05, 0.1) is 30.5 Å². The maximum atomic E-state index is 12.2. The van der Waals surface area contributed by atoms with Crippen LogP contribution in [0.2, 0.25) is 0 Å². The van der Waals surface area contributed by atoms with Crippen LogP contribution in [0.15, 0.2) is 30.9 Å². The molecule has 1 atom stereocenters. The summed E-state index contributed by atoms with van der Waals surface area (Å²) < 4.78 is 11.5. The molecule has 0 unspecified atom stereocenters. The van der Waals surface area contributed by atoms with Gasteiger partial charge in [-0.1, -0.05) is 35.8 Å². The van der Waals surface area contributed by atoms with Crippen LogP contribution in [0.5, 0.6) is 0 Å². The number of carbonyl (C=O) groups excluding carboxylic acids is 1. The predicted molar refractivity (Wildman–Crippen MR) is 103 cm³/mol. The molecule has 1 fully saturated rings. The molecule has 6 heteroatoms. The Labute approximate surface area is 157 Å². The molecule has 0 aliphatic carbocycles. The molecule has 1 N–H and O–H groups in total. The van der Waals surface area contributed by atoms with Crippen LogP contribution in [0.25, 0.3) is 0 Å². The van der Waals surface area contributed by atoms with Crippen LogP contribution in [-0.2, 0) is 14.2 Å². The van der Waals surface area contributed by atoms with Gasteiger partial charge in [0, 0.05) is 6.54 Å². The van der Waals surface area contributed by atoms with Crippen LogP contribution in [-0.4, -0.2) is 54.4 Å². The predicted octanol–water partition coefficient (Wildman–Crippen LogP) is 1.89. The van der Waals surface area contributed by atoms with E-state index in [0.29, 0.717) is 19.8 Å². The first-order chi connectivity index (χ1) is 12.0. The summed E-state index contributed by atoms with van der Waals surface area (Å²) in [5, 5.41) is 10.2. The second-order valence-corrected chi connectivity index (χ2v) is 7.81. The van der Waals surface area contributed by atoms with E-state index in [1.165, 1.54) is 6.08 Å². The molecule has 2 rings (SSSR count). The number of amides is 1. The number of morpholine rings is 1. The van der Waals surface area contributed by atoms with Gasteiger partial charge in [-0.2, -0.15) is 0 Å². The molecule has 26 heavy (non-hydrogen) atoms. The zero-order chi connectivity index (χ0) is 19.5. The van der Waals surface area contributed by atoms with Crippen molar-refractivity contribution in [2.75, 3.05) is 19.8 Å². The molecule has 1 heterocycles. The Bertz CT molecular complexity index is 666. The minimum Gasteiger partial charge on any atom is -0.427 e. The van der Waals surface area contributed by atoms with E-state index in [9.17, 15) is 9.90 Å². The summed E-state index contributed by atoms with van der Waals surface area (Å²) in [6.07, 6.45) is 1.34. The molecule has 0 spiro atoms. The number of aryl methyl sites for hydroxylation is 1. The van der Waals surface area contributed by atoms with Crippen LogP contribution in [0, 0.1) is 6.92 Å². The Morgan fingerprint density at radius 2 is 2.08 bits per heavy atom. The Morgan fingerprint density at radius 3 is 2.69 bits per heavy atom. The molecule has 1 radical (unpaired) electrons. The zero-order valence-electron chi connectivity index (χ0n) is 16.4. The highest BCUT2D eigenvalue weighted by Crippen LogP contribution is 2.26. The number of rotatable bonds is 6. The normalized spacial score (nSPS) is 18.5. The van der Waals surface area contributed by atoms with Gasteiger partial charge in [-0.05, 0) is 46.3 Å². The van der Waals surface area contributed by atoms with Gasteiger partial charge in [-0.25, -0.2) is 0 Å². The molecule has 1 aliphatic heterocycles. The van der Waals surface area contributed by atoms with Gasteiger partial charge < -0.3 is 19.4 Å². The minimum absolute atomic E-state index is 0.0928. The largest absolute Gasteiger partial charge is 0.427 e. The molecular formula is C20H29BNO4. The number of aliphatic hydroxyl groups is 1. The first kappa shape index (κ1) is 20.7. The average Bonchev–Trinajstić information content (AvgIpc) is 2.58. The summed E-state index contributed by atoms with van der Waals surface area (Å²) in [5.74, 6) is -0.0928.